The Labute approximate surface area is 189 Å². The van der Waals surface area contributed by atoms with E-state index < -0.39 is 10.0 Å². The van der Waals surface area contributed by atoms with Crippen molar-refractivity contribution in [2.24, 2.45) is 5.14 Å². The van der Waals surface area contributed by atoms with Gasteiger partial charge in [-0.2, -0.15) is 5.10 Å². The smallest absolute Gasteiger partial charge is 0.238 e. The maximum Gasteiger partial charge on any atom is 0.238 e. The van der Waals surface area contributed by atoms with E-state index in [1.807, 2.05) is 0 Å². The molecule has 4 rings (SSSR count). The summed E-state index contributed by atoms with van der Waals surface area (Å²) in [5.41, 5.74) is 2.13. The van der Waals surface area contributed by atoms with Gasteiger partial charge in [-0.05, 0) is 41.5 Å². The molecule has 1 heterocycles. The number of phenolic OH excluding ortho intramolecular Hbond substituents is 1. The minimum Gasteiger partial charge on any atom is -0.508 e. The van der Waals surface area contributed by atoms with E-state index in [4.69, 9.17) is 16.7 Å². The molecule has 0 fully saturated rings. The molecule has 0 radical (unpaired) electrons. The number of fused-ring (bicyclic) bond motifs is 1. The average molecular weight is 471 g/mol. The summed E-state index contributed by atoms with van der Waals surface area (Å²) in [5, 5.41) is 22.8. The summed E-state index contributed by atoms with van der Waals surface area (Å²) in [7, 11) is -4.08. The number of carbonyl (C=O) groups excluding carboxylic acids is 1. The molecule has 10 heteroatoms. The highest BCUT2D eigenvalue weighted by atomic mass is 35.5. The van der Waals surface area contributed by atoms with Gasteiger partial charge in [0.15, 0.2) is 0 Å². The first-order valence-corrected chi connectivity index (χ1v) is 11.5. The second-order valence-electron chi connectivity index (χ2n) is 7.26. The predicted molar refractivity (Wildman–Crippen MR) is 122 cm³/mol. The largest absolute Gasteiger partial charge is 0.508 e. The number of aromatic nitrogens is 2. The van der Waals surface area contributed by atoms with Crippen molar-refractivity contribution in [2.45, 2.75) is 17.9 Å². The quantitative estimate of drug-likeness (QED) is 0.398. The van der Waals surface area contributed by atoms with Crippen LogP contribution < -0.4 is 10.5 Å². The number of nitrogens with one attached hydrogen (secondary N) is 1. The number of sulfonamides is 1. The summed E-state index contributed by atoms with van der Waals surface area (Å²) in [5.74, 6) is -0.214. The highest BCUT2D eigenvalue weighted by molar-refractivity contribution is 7.89. The van der Waals surface area contributed by atoms with Gasteiger partial charge in [-0.3, -0.25) is 9.48 Å². The third-order valence-electron chi connectivity index (χ3n) is 4.81. The maximum absolute atomic E-state index is 12.5. The Hall–Kier alpha value is -3.40. The van der Waals surface area contributed by atoms with Gasteiger partial charge in [0, 0.05) is 22.3 Å². The Morgan fingerprint density at radius 1 is 1.12 bits per heavy atom. The average Bonchev–Trinajstić information content (AvgIpc) is 3.12. The van der Waals surface area contributed by atoms with Crippen molar-refractivity contribution in [3.63, 3.8) is 0 Å². The van der Waals surface area contributed by atoms with Gasteiger partial charge in [0.1, 0.15) is 5.75 Å². The van der Waals surface area contributed by atoms with Crippen molar-refractivity contribution in [2.75, 3.05) is 5.32 Å². The van der Waals surface area contributed by atoms with Crippen LogP contribution in [0.25, 0.3) is 10.9 Å². The summed E-state index contributed by atoms with van der Waals surface area (Å²) in [6, 6.07) is 16.5. The van der Waals surface area contributed by atoms with Crippen molar-refractivity contribution < 1.29 is 18.3 Å². The minimum atomic E-state index is -4.08. The lowest BCUT2D eigenvalue weighted by Gasteiger charge is -2.08. The number of primary sulfonamides is 1. The number of hydrogen-bond acceptors (Lipinski definition) is 5. The molecular formula is C22H19ClN4O4S. The molecular weight excluding hydrogens is 452 g/mol. The number of nitrogens with two attached hydrogens (primary N) is 1. The molecule has 4 aromatic rings. The monoisotopic (exact) mass is 470 g/mol. The van der Waals surface area contributed by atoms with E-state index in [1.54, 1.807) is 65.5 Å². The predicted octanol–water partition coefficient (Wildman–Crippen LogP) is 3.27. The van der Waals surface area contributed by atoms with Crippen LogP contribution in [0.2, 0.25) is 5.02 Å². The number of amides is 1. The molecule has 1 aromatic heterocycles. The summed E-state index contributed by atoms with van der Waals surface area (Å²) >= 11 is 6.11. The number of anilines is 1. The van der Waals surface area contributed by atoms with Crippen LogP contribution in [0.1, 0.15) is 11.1 Å². The number of nitrogens with zero attached hydrogens (tertiary/aromatic N) is 2. The van der Waals surface area contributed by atoms with E-state index in [9.17, 15) is 18.3 Å². The van der Waals surface area contributed by atoms with Crippen LogP contribution >= 0.6 is 11.6 Å². The Balaban J connectivity index is 1.65. The van der Waals surface area contributed by atoms with E-state index in [-0.39, 0.29) is 28.7 Å². The first-order chi connectivity index (χ1) is 15.2. The molecule has 4 N–H and O–H groups in total. The molecule has 0 aliphatic heterocycles. The number of benzene rings is 3. The van der Waals surface area contributed by atoms with Gasteiger partial charge < -0.3 is 10.4 Å². The van der Waals surface area contributed by atoms with Crippen molar-refractivity contribution in [3.8, 4) is 5.75 Å². The Bertz CT molecular complexity index is 1420. The lowest BCUT2D eigenvalue weighted by molar-refractivity contribution is -0.115. The van der Waals surface area contributed by atoms with E-state index in [0.717, 1.165) is 5.56 Å². The zero-order chi connectivity index (χ0) is 22.9. The number of aromatic hydroxyl groups is 1. The second kappa shape index (κ2) is 8.62. The number of hydrogen-bond donors (Lipinski definition) is 3. The van der Waals surface area contributed by atoms with Crippen LogP contribution in [-0.2, 0) is 27.8 Å². The van der Waals surface area contributed by atoms with Crippen LogP contribution in [0.3, 0.4) is 0 Å². The first kappa shape index (κ1) is 21.8. The molecule has 3 aromatic carbocycles. The first-order valence-electron chi connectivity index (χ1n) is 9.54. The molecule has 0 atom stereocenters. The summed E-state index contributed by atoms with van der Waals surface area (Å²) in [4.78, 5) is 12.4. The topological polar surface area (TPSA) is 127 Å². The van der Waals surface area contributed by atoms with E-state index >= 15 is 0 Å². The van der Waals surface area contributed by atoms with Gasteiger partial charge in [0.25, 0.3) is 0 Å². The fourth-order valence-electron chi connectivity index (χ4n) is 3.34. The summed E-state index contributed by atoms with van der Waals surface area (Å²) < 4.78 is 26.0. The third kappa shape index (κ3) is 4.91. The number of phenols is 1. The molecule has 32 heavy (non-hydrogen) atoms. The number of halogens is 1. The normalized spacial score (nSPS) is 11.6. The zero-order valence-corrected chi connectivity index (χ0v) is 18.3. The molecule has 0 spiro atoms. The molecule has 8 nitrogen and oxygen atoms in total. The fraction of sp³-hybridized carbons (Fsp3) is 0.0909. The number of rotatable bonds is 6. The highest BCUT2D eigenvalue weighted by Gasteiger charge is 2.18. The molecule has 164 valence electrons. The SMILES string of the molecule is NS(=O)(=O)c1cc(NC(=O)Cc2ccccc2Cl)cc2nn(Cc3ccc(O)cc3)cc12. The minimum absolute atomic E-state index is 0.0255. The molecule has 1 amide bonds. The summed E-state index contributed by atoms with van der Waals surface area (Å²) in [6.07, 6.45) is 1.61. The van der Waals surface area contributed by atoms with E-state index in [1.165, 1.54) is 6.07 Å². The van der Waals surface area contributed by atoms with Crippen LogP contribution in [0, 0.1) is 0 Å². The van der Waals surface area contributed by atoms with Crippen LogP contribution in [0.15, 0.2) is 71.8 Å². The van der Waals surface area contributed by atoms with Crippen molar-refractivity contribution in [1.82, 2.24) is 9.78 Å². The molecule has 0 saturated carbocycles. The molecule has 0 bridgehead atoms. The highest BCUT2D eigenvalue weighted by Crippen LogP contribution is 2.27. The van der Waals surface area contributed by atoms with Gasteiger partial charge in [-0.15, -0.1) is 0 Å². The van der Waals surface area contributed by atoms with Gasteiger partial charge in [0.05, 0.1) is 23.4 Å². The molecule has 0 unspecified atom stereocenters. The van der Waals surface area contributed by atoms with Crippen LogP contribution in [0.5, 0.6) is 5.75 Å². The third-order valence-corrected chi connectivity index (χ3v) is 6.13. The Morgan fingerprint density at radius 3 is 2.53 bits per heavy atom. The molecule has 0 aliphatic rings. The Kier molecular flexibility index (Phi) is 5.88. The van der Waals surface area contributed by atoms with E-state index in [0.29, 0.717) is 28.0 Å². The van der Waals surface area contributed by atoms with Gasteiger partial charge in [0.2, 0.25) is 15.9 Å². The fourth-order valence-corrected chi connectivity index (χ4v) is 4.30. The van der Waals surface area contributed by atoms with Crippen molar-refractivity contribution in [3.05, 3.63) is 83.0 Å². The van der Waals surface area contributed by atoms with Crippen molar-refractivity contribution >= 4 is 44.1 Å². The van der Waals surface area contributed by atoms with Crippen LogP contribution in [-0.4, -0.2) is 29.2 Å². The van der Waals surface area contributed by atoms with Crippen molar-refractivity contribution in [1.29, 1.82) is 0 Å². The number of carbonyl (C=O) groups is 1. The van der Waals surface area contributed by atoms with E-state index in [2.05, 4.69) is 10.4 Å². The van der Waals surface area contributed by atoms with Gasteiger partial charge in [-0.25, -0.2) is 13.6 Å². The Morgan fingerprint density at radius 2 is 1.84 bits per heavy atom. The van der Waals surface area contributed by atoms with Gasteiger partial charge >= 0.3 is 0 Å². The zero-order valence-electron chi connectivity index (χ0n) is 16.7. The second-order valence-corrected chi connectivity index (χ2v) is 9.20. The van der Waals surface area contributed by atoms with Gasteiger partial charge in [-0.1, -0.05) is 41.9 Å². The molecule has 0 aliphatic carbocycles. The standard InChI is InChI=1S/C22H19ClN4O4S/c23-19-4-2-1-3-15(19)9-22(29)25-16-10-20-18(21(11-16)32(24,30)31)13-27(26-20)12-14-5-7-17(28)8-6-14/h1-8,10-11,13,28H,9,12H2,(H,25,29)(H2,24,30,31). The summed E-state index contributed by atoms with van der Waals surface area (Å²) in [6.45, 7) is 0.354. The molecule has 0 saturated heterocycles. The lowest BCUT2D eigenvalue weighted by atomic mass is 10.1. The van der Waals surface area contributed by atoms with Crippen LogP contribution in [0.4, 0.5) is 5.69 Å². The lowest BCUT2D eigenvalue weighted by Crippen LogP contribution is -2.16. The maximum atomic E-state index is 12.5.